The molecule has 2 atom stereocenters. The minimum absolute atomic E-state index is 0.0454. The van der Waals surface area contributed by atoms with Crippen molar-refractivity contribution in [2.24, 2.45) is 5.73 Å². The molecule has 0 aromatic heterocycles. The summed E-state index contributed by atoms with van der Waals surface area (Å²) in [4.78, 5) is 13.9. The third kappa shape index (κ3) is 3.09. The second-order valence-electron chi connectivity index (χ2n) is 4.74. The zero-order chi connectivity index (χ0) is 13.0. The van der Waals surface area contributed by atoms with Crippen molar-refractivity contribution in [3.05, 3.63) is 35.9 Å². The van der Waals surface area contributed by atoms with Gasteiger partial charge in [-0.3, -0.25) is 4.79 Å². The predicted octanol–water partition coefficient (Wildman–Crippen LogP) is 1.15. The van der Waals surface area contributed by atoms with Gasteiger partial charge in [0.1, 0.15) is 6.10 Å². The molecule has 0 saturated carbocycles. The molecule has 1 fully saturated rings. The number of nitrogens with two attached hydrogens (primary N) is 1. The molecule has 1 heterocycles. The fraction of sp³-hybridized carbons (Fsp3) is 0.500. The fourth-order valence-electron chi connectivity index (χ4n) is 2.24. The summed E-state index contributed by atoms with van der Waals surface area (Å²) < 4.78 is 5.61. The predicted molar refractivity (Wildman–Crippen MR) is 69.9 cm³/mol. The van der Waals surface area contributed by atoms with Crippen molar-refractivity contribution >= 4 is 5.91 Å². The topological polar surface area (TPSA) is 55.6 Å². The first-order chi connectivity index (χ1) is 8.70. The van der Waals surface area contributed by atoms with E-state index < -0.39 is 0 Å². The lowest BCUT2D eigenvalue weighted by atomic mass is 10.1. The molecule has 1 saturated heterocycles. The summed E-state index contributed by atoms with van der Waals surface area (Å²) in [5, 5.41) is 0. The Bertz CT molecular complexity index is 394. The molecule has 1 aliphatic heterocycles. The number of likely N-dealkylation sites (N-methyl/N-ethyl adjacent to an activating group) is 1. The lowest BCUT2D eigenvalue weighted by Gasteiger charge is -2.21. The van der Waals surface area contributed by atoms with E-state index in [9.17, 15) is 4.79 Å². The monoisotopic (exact) mass is 248 g/mol. The van der Waals surface area contributed by atoms with Gasteiger partial charge in [-0.1, -0.05) is 30.3 Å². The molecule has 1 aromatic rings. The highest BCUT2D eigenvalue weighted by molar-refractivity contribution is 5.80. The number of carbonyl (C=O) groups excluding carboxylic acids is 1. The zero-order valence-corrected chi connectivity index (χ0v) is 10.7. The minimum atomic E-state index is -0.313. The molecular formula is C14H20N2O2. The lowest BCUT2D eigenvalue weighted by molar-refractivity contribution is -0.141. The van der Waals surface area contributed by atoms with Crippen LogP contribution in [0.3, 0.4) is 0 Å². The first-order valence-corrected chi connectivity index (χ1v) is 6.35. The molecule has 0 spiro atoms. The summed E-state index contributed by atoms with van der Waals surface area (Å²) in [7, 11) is 1.81. The molecule has 18 heavy (non-hydrogen) atoms. The van der Waals surface area contributed by atoms with Crippen LogP contribution < -0.4 is 5.73 Å². The van der Waals surface area contributed by atoms with Crippen molar-refractivity contribution in [1.82, 2.24) is 4.90 Å². The third-order valence-corrected chi connectivity index (χ3v) is 3.28. The second-order valence-corrected chi connectivity index (χ2v) is 4.74. The normalized spacial score (nSPS) is 23.0. The average molecular weight is 248 g/mol. The molecule has 2 unspecified atom stereocenters. The Morgan fingerprint density at radius 2 is 2.11 bits per heavy atom. The van der Waals surface area contributed by atoms with Crippen molar-refractivity contribution in [1.29, 1.82) is 0 Å². The molecule has 1 aliphatic rings. The van der Waals surface area contributed by atoms with Crippen molar-refractivity contribution in [3.63, 3.8) is 0 Å². The van der Waals surface area contributed by atoms with Crippen molar-refractivity contribution < 1.29 is 9.53 Å². The highest BCUT2D eigenvalue weighted by Crippen LogP contribution is 2.20. The fourth-order valence-corrected chi connectivity index (χ4v) is 2.24. The summed E-state index contributed by atoms with van der Waals surface area (Å²) in [5.74, 6) is 0.0507. The van der Waals surface area contributed by atoms with E-state index >= 15 is 0 Å². The number of ether oxygens (including phenoxy) is 1. The quantitative estimate of drug-likeness (QED) is 0.869. The van der Waals surface area contributed by atoms with Crippen LogP contribution in [0, 0.1) is 0 Å². The maximum Gasteiger partial charge on any atom is 0.251 e. The van der Waals surface area contributed by atoms with E-state index in [1.165, 1.54) is 0 Å². The highest BCUT2D eigenvalue weighted by Gasteiger charge is 2.31. The van der Waals surface area contributed by atoms with Crippen LogP contribution in [-0.4, -0.2) is 36.6 Å². The number of rotatable bonds is 4. The molecule has 4 nitrogen and oxygen atoms in total. The van der Waals surface area contributed by atoms with Crippen molar-refractivity contribution in [2.45, 2.75) is 31.6 Å². The van der Waals surface area contributed by atoms with Gasteiger partial charge in [-0.15, -0.1) is 0 Å². The Balaban J connectivity index is 1.89. The zero-order valence-electron chi connectivity index (χ0n) is 10.7. The maximum absolute atomic E-state index is 12.2. The van der Waals surface area contributed by atoms with Gasteiger partial charge in [0, 0.05) is 20.1 Å². The lowest BCUT2D eigenvalue weighted by Crippen LogP contribution is -2.36. The van der Waals surface area contributed by atoms with Crippen LogP contribution in [-0.2, 0) is 16.1 Å². The summed E-state index contributed by atoms with van der Waals surface area (Å²) >= 11 is 0. The number of benzene rings is 1. The Kier molecular flexibility index (Phi) is 4.33. The van der Waals surface area contributed by atoms with Gasteiger partial charge in [-0.25, -0.2) is 0 Å². The number of amides is 1. The van der Waals surface area contributed by atoms with Gasteiger partial charge in [0.15, 0.2) is 0 Å². The van der Waals surface area contributed by atoms with Crippen LogP contribution in [0.2, 0.25) is 0 Å². The number of carbonyl (C=O) groups is 1. The molecule has 0 bridgehead atoms. The van der Waals surface area contributed by atoms with Gasteiger partial charge in [0.2, 0.25) is 0 Å². The number of hydrogen-bond donors (Lipinski definition) is 1. The number of nitrogens with zero attached hydrogens (tertiary/aromatic N) is 1. The molecule has 2 N–H and O–H groups in total. The molecule has 2 rings (SSSR count). The summed E-state index contributed by atoms with van der Waals surface area (Å²) in [6.07, 6.45) is 1.39. The molecule has 1 aromatic carbocycles. The first kappa shape index (κ1) is 13.1. The van der Waals surface area contributed by atoms with E-state index in [0.717, 1.165) is 18.4 Å². The maximum atomic E-state index is 12.2. The van der Waals surface area contributed by atoms with Gasteiger partial charge in [-0.2, -0.15) is 0 Å². The standard InChI is InChI=1S/C14H20N2O2/c1-16(10-11-5-3-2-4-6-11)14(17)13-8-7-12(9-15)18-13/h2-6,12-13H,7-10,15H2,1H3. The van der Waals surface area contributed by atoms with Crippen LogP contribution >= 0.6 is 0 Å². The van der Waals surface area contributed by atoms with Crippen molar-refractivity contribution in [3.8, 4) is 0 Å². The second kappa shape index (κ2) is 5.98. The third-order valence-electron chi connectivity index (χ3n) is 3.28. The molecule has 0 radical (unpaired) electrons. The molecule has 0 aliphatic carbocycles. The van der Waals surface area contributed by atoms with Gasteiger partial charge in [-0.05, 0) is 18.4 Å². The Morgan fingerprint density at radius 3 is 2.72 bits per heavy atom. The van der Waals surface area contributed by atoms with Crippen LogP contribution in [0.5, 0.6) is 0 Å². The summed E-state index contributed by atoms with van der Waals surface area (Å²) in [6.45, 7) is 1.11. The van der Waals surface area contributed by atoms with Gasteiger partial charge in [0.05, 0.1) is 6.10 Å². The van der Waals surface area contributed by atoms with Crippen molar-refractivity contribution in [2.75, 3.05) is 13.6 Å². The Hall–Kier alpha value is -1.39. The molecule has 98 valence electrons. The Labute approximate surface area is 108 Å². The van der Waals surface area contributed by atoms with Crippen LogP contribution in [0.1, 0.15) is 18.4 Å². The molecular weight excluding hydrogens is 228 g/mol. The van der Waals surface area contributed by atoms with E-state index in [-0.39, 0.29) is 18.1 Å². The molecule has 1 amide bonds. The van der Waals surface area contributed by atoms with E-state index in [4.69, 9.17) is 10.5 Å². The van der Waals surface area contributed by atoms with Gasteiger partial charge in [0.25, 0.3) is 5.91 Å². The molecule has 4 heteroatoms. The van der Waals surface area contributed by atoms with Crippen LogP contribution in [0.4, 0.5) is 0 Å². The summed E-state index contributed by atoms with van der Waals surface area (Å²) in [5.41, 5.74) is 6.67. The smallest absolute Gasteiger partial charge is 0.251 e. The largest absolute Gasteiger partial charge is 0.364 e. The van der Waals surface area contributed by atoms with E-state index in [1.54, 1.807) is 4.90 Å². The summed E-state index contributed by atoms with van der Waals surface area (Å²) in [6, 6.07) is 9.95. The van der Waals surface area contributed by atoms with Crippen LogP contribution in [0.15, 0.2) is 30.3 Å². The minimum Gasteiger partial charge on any atom is -0.364 e. The number of hydrogen-bond acceptors (Lipinski definition) is 3. The van der Waals surface area contributed by atoms with E-state index in [1.807, 2.05) is 37.4 Å². The van der Waals surface area contributed by atoms with Gasteiger partial charge < -0.3 is 15.4 Å². The van der Waals surface area contributed by atoms with Gasteiger partial charge >= 0.3 is 0 Å². The van der Waals surface area contributed by atoms with E-state index in [0.29, 0.717) is 13.1 Å². The van der Waals surface area contributed by atoms with E-state index in [2.05, 4.69) is 0 Å². The average Bonchev–Trinajstić information content (AvgIpc) is 2.87. The Morgan fingerprint density at radius 1 is 1.39 bits per heavy atom. The highest BCUT2D eigenvalue weighted by atomic mass is 16.5. The first-order valence-electron chi connectivity index (χ1n) is 6.35. The SMILES string of the molecule is CN(Cc1ccccc1)C(=O)C1CCC(CN)O1. The van der Waals surface area contributed by atoms with Crippen LogP contribution in [0.25, 0.3) is 0 Å².